The van der Waals surface area contributed by atoms with Gasteiger partial charge in [-0.15, -0.1) is 0 Å². The second-order valence-electron chi connectivity index (χ2n) is 12.4. The first-order valence-corrected chi connectivity index (χ1v) is 17.0. The lowest BCUT2D eigenvalue weighted by atomic mass is 9.78. The molecule has 0 unspecified atom stereocenters. The van der Waals surface area contributed by atoms with Crippen LogP contribution in [0, 0.1) is 6.92 Å². The maximum atomic E-state index is 2.47. The van der Waals surface area contributed by atoms with E-state index in [2.05, 4.69) is 147 Å². The smallest absolute Gasteiger partial charge is 0.00235 e. The van der Waals surface area contributed by atoms with Crippen LogP contribution in [-0.2, 0) is 6.42 Å². The van der Waals surface area contributed by atoms with Gasteiger partial charge in [0.2, 0.25) is 0 Å². The molecular formula is C46H42. The highest BCUT2D eigenvalue weighted by Gasteiger charge is 2.23. The van der Waals surface area contributed by atoms with Crippen molar-refractivity contribution in [2.45, 2.75) is 53.4 Å². The molecule has 0 aromatic heterocycles. The molecule has 6 aromatic carbocycles. The minimum Gasteiger partial charge on any atom is -0.0836 e. The first kappa shape index (κ1) is 29.8. The SMILES string of the molecule is CC.CC1=C(c2cc(-c3c4c(c(-c5ccccc5-c5ccc6ccccc6c5)c5ccccc35)C=CCC4)ccc2C)C=CCC1. The molecule has 226 valence electrons. The highest BCUT2D eigenvalue weighted by Crippen LogP contribution is 2.47. The van der Waals surface area contributed by atoms with Crippen molar-refractivity contribution in [2.75, 3.05) is 0 Å². The van der Waals surface area contributed by atoms with Crippen LogP contribution < -0.4 is 0 Å². The second kappa shape index (κ2) is 12.8. The molecule has 0 nitrogen and oxygen atoms in total. The Balaban J connectivity index is 0.00000166. The number of fused-ring (bicyclic) bond motifs is 3. The van der Waals surface area contributed by atoms with Crippen molar-refractivity contribution in [3.8, 4) is 33.4 Å². The Labute approximate surface area is 274 Å². The molecule has 0 saturated carbocycles. The molecule has 0 radical (unpaired) electrons. The van der Waals surface area contributed by atoms with Crippen LogP contribution in [0.2, 0.25) is 0 Å². The van der Waals surface area contributed by atoms with Crippen molar-refractivity contribution in [2.24, 2.45) is 0 Å². The van der Waals surface area contributed by atoms with Crippen molar-refractivity contribution >= 4 is 33.2 Å². The fraction of sp³-hybridized carbons (Fsp3) is 0.174. The number of hydrogen-bond acceptors (Lipinski definition) is 0. The van der Waals surface area contributed by atoms with Gasteiger partial charge in [0.25, 0.3) is 0 Å². The van der Waals surface area contributed by atoms with Crippen molar-refractivity contribution < 1.29 is 0 Å². The molecule has 0 saturated heterocycles. The molecule has 2 aliphatic rings. The van der Waals surface area contributed by atoms with E-state index in [1.165, 1.54) is 88.3 Å². The lowest BCUT2D eigenvalue weighted by molar-refractivity contribution is 0.967. The Bertz CT molecular complexity index is 2180. The number of hydrogen-bond donors (Lipinski definition) is 0. The predicted molar refractivity (Wildman–Crippen MR) is 202 cm³/mol. The molecule has 8 rings (SSSR count). The molecule has 0 heterocycles. The van der Waals surface area contributed by atoms with E-state index >= 15 is 0 Å². The number of benzene rings is 6. The van der Waals surface area contributed by atoms with Crippen LogP contribution in [0.3, 0.4) is 0 Å². The van der Waals surface area contributed by atoms with Gasteiger partial charge in [-0.25, -0.2) is 0 Å². The average molecular weight is 595 g/mol. The molecular weight excluding hydrogens is 553 g/mol. The summed E-state index contributed by atoms with van der Waals surface area (Å²) in [6.45, 7) is 8.56. The van der Waals surface area contributed by atoms with E-state index < -0.39 is 0 Å². The van der Waals surface area contributed by atoms with Gasteiger partial charge in [0, 0.05) is 0 Å². The van der Waals surface area contributed by atoms with E-state index in [-0.39, 0.29) is 0 Å². The molecule has 0 heteroatoms. The molecule has 0 N–H and O–H groups in total. The van der Waals surface area contributed by atoms with Gasteiger partial charge < -0.3 is 0 Å². The number of rotatable bonds is 4. The summed E-state index contributed by atoms with van der Waals surface area (Å²) in [6, 6.07) is 40.8. The third kappa shape index (κ3) is 5.23. The number of allylic oxidation sites excluding steroid dienone is 5. The maximum absolute atomic E-state index is 2.47. The zero-order valence-corrected chi connectivity index (χ0v) is 27.5. The zero-order valence-electron chi connectivity index (χ0n) is 27.5. The molecule has 0 amide bonds. The third-order valence-corrected chi connectivity index (χ3v) is 9.71. The highest BCUT2D eigenvalue weighted by atomic mass is 14.3. The van der Waals surface area contributed by atoms with Crippen molar-refractivity contribution in [1.82, 2.24) is 0 Å². The van der Waals surface area contributed by atoms with E-state index in [1.54, 1.807) is 0 Å². The molecule has 46 heavy (non-hydrogen) atoms. The van der Waals surface area contributed by atoms with Crippen molar-refractivity contribution in [3.63, 3.8) is 0 Å². The Morgan fingerprint density at radius 2 is 1.15 bits per heavy atom. The Morgan fingerprint density at radius 3 is 1.96 bits per heavy atom. The molecule has 0 bridgehead atoms. The molecule has 0 aliphatic heterocycles. The van der Waals surface area contributed by atoms with E-state index in [4.69, 9.17) is 0 Å². The van der Waals surface area contributed by atoms with Crippen LogP contribution in [0.4, 0.5) is 0 Å². The van der Waals surface area contributed by atoms with Crippen LogP contribution in [0.25, 0.3) is 66.6 Å². The summed E-state index contributed by atoms with van der Waals surface area (Å²) in [4.78, 5) is 0. The van der Waals surface area contributed by atoms with Gasteiger partial charge in [-0.3, -0.25) is 0 Å². The summed E-state index contributed by atoms with van der Waals surface area (Å²) < 4.78 is 0. The van der Waals surface area contributed by atoms with Gasteiger partial charge in [-0.05, 0) is 134 Å². The lowest BCUT2D eigenvalue weighted by Gasteiger charge is -2.25. The van der Waals surface area contributed by atoms with E-state index in [0.29, 0.717) is 0 Å². The van der Waals surface area contributed by atoms with Gasteiger partial charge >= 0.3 is 0 Å². The molecule has 0 fully saturated rings. The standard InChI is InChI=1S/C44H36.C2H6/c1-29-13-3-6-16-35(29)42-28-34(24-23-30(42)2)43-38-19-9-11-21-40(38)44(41-22-12-10-20-39(41)43)37-18-8-7-17-36(37)33-26-25-31-14-4-5-15-32(31)27-33;1-2/h4-9,11-12,14-19,21-28H,3,10,13,20H2,1-2H3;1-2H3. The van der Waals surface area contributed by atoms with Crippen molar-refractivity contribution in [3.05, 3.63) is 155 Å². The van der Waals surface area contributed by atoms with E-state index in [9.17, 15) is 0 Å². The molecule has 2 aliphatic carbocycles. The Kier molecular flexibility index (Phi) is 8.29. The first-order valence-electron chi connectivity index (χ1n) is 17.0. The lowest BCUT2D eigenvalue weighted by Crippen LogP contribution is -2.03. The molecule has 6 aromatic rings. The van der Waals surface area contributed by atoms with Gasteiger partial charge in [0.15, 0.2) is 0 Å². The fourth-order valence-corrected chi connectivity index (χ4v) is 7.48. The van der Waals surface area contributed by atoms with Gasteiger partial charge in [0.1, 0.15) is 0 Å². The van der Waals surface area contributed by atoms with E-state index in [0.717, 1.165) is 25.7 Å². The maximum Gasteiger partial charge on any atom is -0.00235 e. The Morgan fingerprint density at radius 1 is 0.500 bits per heavy atom. The fourth-order valence-electron chi connectivity index (χ4n) is 7.48. The monoisotopic (exact) mass is 594 g/mol. The second-order valence-corrected chi connectivity index (χ2v) is 12.4. The quantitative estimate of drug-likeness (QED) is 0.190. The minimum absolute atomic E-state index is 1.04. The van der Waals surface area contributed by atoms with Crippen LogP contribution >= 0.6 is 0 Å². The summed E-state index contributed by atoms with van der Waals surface area (Å²) in [5.74, 6) is 0. The average Bonchev–Trinajstić information content (AvgIpc) is 3.12. The summed E-state index contributed by atoms with van der Waals surface area (Å²) in [5.41, 5.74) is 16.3. The van der Waals surface area contributed by atoms with Crippen LogP contribution in [0.15, 0.2) is 133 Å². The van der Waals surface area contributed by atoms with E-state index in [1.807, 2.05) is 13.8 Å². The third-order valence-electron chi connectivity index (χ3n) is 9.71. The van der Waals surface area contributed by atoms with Gasteiger partial charge in [-0.1, -0.05) is 141 Å². The minimum atomic E-state index is 1.04. The van der Waals surface area contributed by atoms with Crippen LogP contribution in [-0.4, -0.2) is 0 Å². The van der Waals surface area contributed by atoms with Gasteiger partial charge in [-0.2, -0.15) is 0 Å². The van der Waals surface area contributed by atoms with Crippen molar-refractivity contribution in [1.29, 1.82) is 0 Å². The summed E-state index contributed by atoms with van der Waals surface area (Å²) in [7, 11) is 0. The molecule has 0 atom stereocenters. The predicted octanol–water partition coefficient (Wildman–Crippen LogP) is 13.4. The summed E-state index contributed by atoms with van der Waals surface area (Å²) >= 11 is 0. The van der Waals surface area contributed by atoms with Crippen LogP contribution in [0.1, 0.15) is 62.3 Å². The topological polar surface area (TPSA) is 0 Å². The largest absolute Gasteiger partial charge is 0.0836 e. The summed E-state index contributed by atoms with van der Waals surface area (Å²) in [6.07, 6.45) is 13.8. The summed E-state index contributed by atoms with van der Waals surface area (Å²) in [5, 5.41) is 5.20. The Hall–Kier alpha value is -4.94. The van der Waals surface area contributed by atoms with Crippen LogP contribution in [0.5, 0.6) is 0 Å². The highest BCUT2D eigenvalue weighted by molar-refractivity contribution is 6.12. The number of aryl methyl sites for hydroxylation is 1. The normalized spacial score (nSPS) is 13.9. The molecule has 0 spiro atoms. The zero-order chi connectivity index (χ0) is 31.6. The van der Waals surface area contributed by atoms with Gasteiger partial charge in [0.05, 0.1) is 0 Å². The first-order chi connectivity index (χ1) is 22.7.